The Labute approximate surface area is 225 Å². The second-order valence-electron chi connectivity index (χ2n) is 9.05. The fourth-order valence-electron chi connectivity index (χ4n) is 4.18. The van der Waals surface area contributed by atoms with Crippen molar-refractivity contribution >= 4 is 29.3 Å². The predicted molar refractivity (Wildman–Crippen MR) is 146 cm³/mol. The first-order valence-corrected chi connectivity index (χ1v) is 12.6. The minimum Gasteiger partial charge on any atom is -0.480 e. The topological polar surface area (TPSA) is 133 Å². The number of aryl methyl sites for hydroxylation is 3. The molecular weight excluding hydrogens is 504 g/mol. The number of rotatable bonds is 10. The van der Waals surface area contributed by atoms with Crippen LogP contribution in [0.4, 0.5) is 5.82 Å². The highest BCUT2D eigenvalue weighted by Gasteiger charge is 2.24. The molecule has 0 saturated heterocycles. The molecular formula is C28H29ClN6O3. The lowest BCUT2D eigenvalue weighted by atomic mass is 9.98. The molecule has 0 bridgehead atoms. The number of aromatic nitrogens is 4. The standard InChI is InChI=1S/C28H29ClN6O3/c1-4-19-14-21(29)12-17(3)25(19)27(36)32-22(28(37)38)13-18-5-7-20(8-6-18)26-33-24(34-35-26)15-31-23-11-16(2)9-10-30-23/h5-12,14,22H,4,13,15H2,1-3H3,(H,30,31)(H,32,36)(H,37,38)(H,33,34,35). The van der Waals surface area contributed by atoms with Crippen LogP contribution in [0.2, 0.25) is 5.02 Å². The number of carboxylic acid groups (broad SMARTS) is 1. The Hall–Kier alpha value is -4.24. The largest absolute Gasteiger partial charge is 0.480 e. The summed E-state index contributed by atoms with van der Waals surface area (Å²) in [6.45, 7) is 6.15. The molecule has 4 rings (SSSR count). The third kappa shape index (κ3) is 6.54. The summed E-state index contributed by atoms with van der Waals surface area (Å²) < 4.78 is 0. The molecule has 0 spiro atoms. The number of benzene rings is 2. The molecule has 196 valence electrons. The molecule has 4 aromatic rings. The van der Waals surface area contributed by atoms with Crippen LogP contribution in [0.15, 0.2) is 54.7 Å². The third-order valence-corrected chi connectivity index (χ3v) is 6.35. The van der Waals surface area contributed by atoms with Gasteiger partial charge in [0.15, 0.2) is 5.82 Å². The van der Waals surface area contributed by atoms with Crippen LogP contribution in [0.1, 0.15) is 45.4 Å². The van der Waals surface area contributed by atoms with Gasteiger partial charge in [-0.05, 0) is 66.8 Å². The Kier molecular flexibility index (Phi) is 8.38. The number of nitrogens with one attached hydrogen (secondary N) is 3. The Morgan fingerprint density at radius 2 is 1.87 bits per heavy atom. The number of carboxylic acids is 1. The molecule has 4 N–H and O–H groups in total. The number of H-pyrrole nitrogens is 1. The third-order valence-electron chi connectivity index (χ3n) is 6.13. The number of amides is 1. The fraction of sp³-hybridized carbons (Fsp3) is 0.250. The first kappa shape index (κ1) is 26.8. The quantitative estimate of drug-likeness (QED) is 0.232. The summed E-state index contributed by atoms with van der Waals surface area (Å²) in [5.41, 5.74) is 4.59. The Morgan fingerprint density at radius 1 is 1.11 bits per heavy atom. The summed E-state index contributed by atoms with van der Waals surface area (Å²) in [7, 11) is 0. The lowest BCUT2D eigenvalue weighted by Gasteiger charge is -2.18. The molecule has 2 heterocycles. The zero-order valence-electron chi connectivity index (χ0n) is 21.4. The number of hydrogen-bond acceptors (Lipinski definition) is 6. The first-order valence-electron chi connectivity index (χ1n) is 12.2. The van der Waals surface area contributed by atoms with Gasteiger partial charge in [0, 0.05) is 28.8 Å². The second kappa shape index (κ2) is 11.9. The second-order valence-corrected chi connectivity index (χ2v) is 9.49. The molecule has 0 aliphatic rings. The smallest absolute Gasteiger partial charge is 0.326 e. The van der Waals surface area contributed by atoms with Gasteiger partial charge >= 0.3 is 5.97 Å². The molecule has 0 aliphatic carbocycles. The van der Waals surface area contributed by atoms with Crippen LogP contribution in [0.25, 0.3) is 11.4 Å². The first-order chi connectivity index (χ1) is 18.2. The van der Waals surface area contributed by atoms with E-state index in [4.69, 9.17) is 11.6 Å². The molecule has 10 heteroatoms. The van der Waals surface area contributed by atoms with Gasteiger partial charge in [-0.3, -0.25) is 9.89 Å². The van der Waals surface area contributed by atoms with Crippen LogP contribution in [0, 0.1) is 13.8 Å². The molecule has 2 aromatic carbocycles. The van der Waals surface area contributed by atoms with E-state index in [9.17, 15) is 14.7 Å². The number of anilines is 1. The normalized spacial score (nSPS) is 11.7. The summed E-state index contributed by atoms with van der Waals surface area (Å²) in [6, 6.07) is 13.5. The molecule has 0 radical (unpaired) electrons. The number of nitrogens with zero attached hydrogens (tertiary/aromatic N) is 3. The Balaban J connectivity index is 1.41. The summed E-state index contributed by atoms with van der Waals surface area (Å²) >= 11 is 6.13. The van der Waals surface area contributed by atoms with Gasteiger partial charge in [-0.2, -0.15) is 5.10 Å². The zero-order valence-corrected chi connectivity index (χ0v) is 22.1. The van der Waals surface area contributed by atoms with Crippen molar-refractivity contribution in [2.45, 2.75) is 46.2 Å². The lowest BCUT2D eigenvalue weighted by Crippen LogP contribution is -2.42. The van der Waals surface area contributed by atoms with E-state index in [-0.39, 0.29) is 6.42 Å². The average molecular weight is 533 g/mol. The van der Waals surface area contributed by atoms with Gasteiger partial charge in [0.05, 0.1) is 6.54 Å². The van der Waals surface area contributed by atoms with E-state index in [1.165, 1.54) is 0 Å². The van der Waals surface area contributed by atoms with Crippen molar-refractivity contribution in [3.63, 3.8) is 0 Å². The van der Waals surface area contributed by atoms with Crippen molar-refractivity contribution in [1.82, 2.24) is 25.5 Å². The zero-order chi connectivity index (χ0) is 27.2. The minimum atomic E-state index is -1.11. The highest BCUT2D eigenvalue weighted by Crippen LogP contribution is 2.22. The summed E-state index contributed by atoms with van der Waals surface area (Å²) in [6.07, 6.45) is 2.47. The van der Waals surface area contributed by atoms with E-state index in [1.807, 2.05) is 50.2 Å². The van der Waals surface area contributed by atoms with Crippen molar-refractivity contribution in [2.75, 3.05) is 5.32 Å². The van der Waals surface area contributed by atoms with Gasteiger partial charge in [0.1, 0.15) is 17.7 Å². The number of carbonyl (C=O) groups is 2. The fourth-order valence-corrected chi connectivity index (χ4v) is 4.48. The summed E-state index contributed by atoms with van der Waals surface area (Å²) in [5.74, 6) is 0.400. The van der Waals surface area contributed by atoms with Gasteiger partial charge in [-0.1, -0.05) is 42.8 Å². The molecule has 0 fully saturated rings. The SMILES string of the molecule is CCc1cc(Cl)cc(C)c1C(=O)NC(Cc1ccc(-c2n[nH]c(CNc3cc(C)ccn3)n2)cc1)C(=O)O. The maximum absolute atomic E-state index is 13.0. The van der Waals surface area contributed by atoms with E-state index >= 15 is 0 Å². The minimum absolute atomic E-state index is 0.127. The number of aromatic amines is 1. The molecule has 0 aliphatic heterocycles. The van der Waals surface area contributed by atoms with E-state index in [2.05, 4.69) is 30.8 Å². The number of hydrogen-bond donors (Lipinski definition) is 4. The highest BCUT2D eigenvalue weighted by molar-refractivity contribution is 6.30. The summed E-state index contributed by atoms with van der Waals surface area (Å²) in [4.78, 5) is 33.8. The number of aliphatic carboxylic acids is 1. The van der Waals surface area contributed by atoms with Crippen molar-refractivity contribution in [3.05, 3.63) is 93.4 Å². The van der Waals surface area contributed by atoms with Crippen LogP contribution >= 0.6 is 11.6 Å². The molecule has 0 saturated carbocycles. The number of carbonyl (C=O) groups excluding carboxylic acids is 1. The molecule has 9 nitrogen and oxygen atoms in total. The van der Waals surface area contributed by atoms with Crippen molar-refractivity contribution in [3.8, 4) is 11.4 Å². The molecule has 38 heavy (non-hydrogen) atoms. The van der Waals surface area contributed by atoms with Gasteiger partial charge in [0.25, 0.3) is 5.91 Å². The van der Waals surface area contributed by atoms with Crippen LogP contribution in [0.3, 0.4) is 0 Å². The van der Waals surface area contributed by atoms with Crippen molar-refractivity contribution in [2.24, 2.45) is 0 Å². The van der Waals surface area contributed by atoms with E-state index in [0.29, 0.717) is 40.8 Å². The number of halogens is 1. The molecule has 1 unspecified atom stereocenters. The Morgan fingerprint density at radius 3 is 2.55 bits per heavy atom. The molecule has 2 aromatic heterocycles. The van der Waals surface area contributed by atoms with Gasteiger partial charge in [-0.15, -0.1) is 0 Å². The van der Waals surface area contributed by atoms with Crippen LogP contribution in [0.5, 0.6) is 0 Å². The van der Waals surface area contributed by atoms with Crippen LogP contribution in [-0.2, 0) is 24.2 Å². The van der Waals surface area contributed by atoms with Crippen LogP contribution in [-0.4, -0.2) is 43.2 Å². The maximum atomic E-state index is 13.0. The predicted octanol–water partition coefficient (Wildman–Crippen LogP) is 4.74. The average Bonchev–Trinajstić information content (AvgIpc) is 3.36. The Bertz CT molecular complexity index is 1450. The van der Waals surface area contributed by atoms with Gasteiger partial charge < -0.3 is 15.7 Å². The summed E-state index contributed by atoms with van der Waals surface area (Å²) in [5, 5.41) is 23.4. The van der Waals surface area contributed by atoms with E-state index < -0.39 is 17.9 Å². The number of pyridine rings is 1. The molecule has 1 amide bonds. The van der Waals surface area contributed by atoms with Gasteiger partial charge in [-0.25, -0.2) is 14.8 Å². The maximum Gasteiger partial charge on any atom is 0.326 e. The molecule has 1 atom stereocenters. The van der Waals surface area contributed by atoms with Crippen molar-refractivity contribution < 1.29 is 14.7 Å². The van der Waals surface area contributed by atoms with Crippen LogP contribution < -0.4 is 10.6 Å². The monoisotopic (exact) mass is 532 g/mol. The highest BCUT2D eigenvalue weighted by atomic mass is 35.5. The van der Waals surface area contributed by atoms with Crippen molar-refractivity contribution in [1.29, 1.82) is 0 Å². The van der Waals surface area contributed by atoms with Gasteiger partial charge in [0.2, 0.25) is 0 Å². The van der Waals surface area contributed by atoms with E-state index in [0.717, 1.165) is 28.1 Å². The lowest BCUT2D eigenvalue weighted by molar-refractivity contribution is -0.139. The van der Waals surface area contributed by atoms with E-state index in [1.54, 1.807) is 25.3 Å².